The number of carbonyl (C=O) groups is 1. The number of carboxylic acids is 1. The summed E-state index contributed by atoms with van der Waals surface area (Å²) in [6, 6.07) is 0. The molecule has 0 amide bonds. The van der Waals surface area contributed by atoms with E-state index >= 15 is 0 Å². The molecule has 0 heterocycles. The van der Waals surface area contributed by atoms with Crippen LogP contribution in [0, 0.1) is 23.7 Å². The smallest absolute Gasteiger partial charge is 0.303 e. The first-order valence-electron chi connectivity index (χ1n) is 6.40. The van der Waals surface area contributed by atoms with Crippen LogP contribution in [0.25, 0.3) is 0 Å². The standard InChI is InChI=1S/C14H20O3/c15-9-13-11-7-6-10(8-11)12(13)4-2-1-3-5-14(16)17/h2,4,6-7,10-13,15H,1,3,5,8-9H2,(H,16,17)/b4-2+. The molecule has 3 nitrogen and oxygen atoms in total. The summed E-state index contributed by atoms with van der Waals surface area (Å²) in [5.74, 6) is 1.25. The van der Waals surface area contributed by atoms with Gasteiger partial charge in [-0.2, -0.15) is 0 Å². The highest BCUT2D eigenvalue weighted by atomic mass is 16.4. The molecule has 0 aliphatic heterocycles. The molecule has 1 saturated carbocycles. The van der Waals surface area contributed by atoms with Gasteiger partial charge in [0.2, 0.25) is 0 Å². The van der Waals surface area contributed by atoms with Crippen molar-refractivity contribution in [1.82, 2.24) is 0 Å². The van der Waals surface area contributed by atoms with E-state index in [9.17, 15) is 9.90 Å². The van der Waals surface area contributed by atoms with Gasteiger partial charge in [0.1, 0.15) is 0 Å². The van der Waals surface area contributed by atoms with E-state index < -0.39 is 5.97 Å². The molecule has 2 N–H and O–H groups in total. The van der Waals surface area contributed by atoms with E-state index in [1.54, 1.807) is 0 Å². The molecule has 4 unspecified atom stereocenters. The number of fused-ring (bicyclic) bond motifs is 2. The predicted octanol–water partition coefficient (Wildman–Crippen LogP) is 2.23. The summed E-state index contributed by atoms with van der Waals surface area (Å²) in [5, 5.41) is 17.9. The Morgan fingerprint density at radius 2 is 2.12 bits per heavy atom. The van der Waals surface area contributed by atoms with Gasteiger partial charge in [-0.1, -0.05) is 24.3 Å². The SMILES string of the molecule is O=C(O)CCC/C=C/C1C2C=CC(C2)C1CO. The number of aliphatic carboxylic acids is 1. The first kappa shape index (κ1) is 12.4. The Kier molecular flexibility index (Phi) is 4.00. The summed E-state index contributed by atoms with van der Waals surface area (Å²) < 4.78 is 0. The van der Waals surface area contributed by atoms with Gasteiger partial charge in [-0.25, -0.2) is 0 Å². The molecule has 94 valence electrons. The number of aliphatic hydroxyl groups is 1. The Morgan fingerprint density at radius 3 is 2.82 bits per heavy atom. The van der Waals surface area contributed by atoms with Gasteiger partial charge in [0.15, 0.2) is 0 Å². The number of aliphatic hydroxyl groups excluding tert-OH is 1. The van der Waals surface area contributed by atoms with Gasteiger partial charge >= 0.3 is 5.97 Å². The highest BCUT2D eigenvalue weighted by molar-refractivity contribution is 5.66. The van der Waals surface area contributed by atoms with Gasteiger partial charge in [0, 0.05) is 13.0 Å². The van der Waals surface area contributed by atoms with Crippen LogP contribution in [0.4, 0.5) is 0 Å². The third kappa shape index (κ3) is 2.78. The highest BCUT2D eigenvalue weighted by Crippen LogP contribution is 2.48. The van der Waals surface area contributed by atoms with E-state index in [-0.39, 0.29) is 13.0 Å². The van der Waals surface area contributed by atoms with E-state index in [1.807, 2.05) is 0 Å². The van der Waals surface area contributed by atoms with Crippen molar-refractivity contribution >= 4 is 5.97 Å². The van der Waals surface area contributed by atoms with Crippen molar-refractivity contribution < 1.29 is 15.0 Å². The van der Waals surface area contributed by atoms with Gasteiger partial charge < -0.3 is 10.2 Å². The van der Waals surface area contributed by atoms with Gasteiger partial charge in [0.25, 0.3) is 0 Å². The van der Waals surface area contributed by atoms with Crippen LogP contribution < -0.4 is 0 Å². The molecular formula is C14H20O3. The predicted molar refractivity (Wildman–Crippen MR) is 65.4 cm³/mol. The number of carboxylic acid groups (broad SMARTS) is 1. The topological polar surface area (TPSA) is 57.5 Å². The van der Waals surface area contributed by atoms with E-state index in [0.29, 0.717) is 30.1 Å². The maximum atomic E-state index is 10.4. The Morgan fingerprint density at radius 1 is 1.35 bits per heavy atom. The molecule has 0 aromatic carbocycles. The summed E-state index contributed by atoms with van der Waals surface area (Å²) in [7, 11) is 0. The zero-order valence-corrected chi connectivity index (χ0v) is 9.96. The summed E-state index contributed by atoms with van der Waals surface area (Å²) in [5.41, 5.74) is 0. The van der Waals surface area contributed by atoms with Crippen LogP contribution in [-0.2, 0) is 4.79 Å². The maximum absolute atomic E-state index is 10.4. The van der Waals surface area contributed by atoms with Crippen LogP contribution in [0.2, 0.25) is 0 Å². The summed E-state index contributed by atoms with van der Waals surface area (Å²) in [6.45, 7) is 0.260. The number of rotatable bonds is 6. The second kappa shape index (κ2) is 5.50. The quantitative estimate of drug-likeness (QED) is 0.549. The van der Waals surface area contributed by atoms with E-state index in [0.717, 1.165) is 6.42 Å². The third-order valence-electron chi connectivity index (χ3n) is 4.02. The van der Waals surface area contributed by atoms with E-state index in [1.165, 1.54) is 6.42 Å². The average Bonchev–Trinajstić information content (AvgIpc) is 2.88. The van der Waals surface area contributed by atoms with Crippen molar-refractivity contribution in [3.8, 4) is 0 Å². The molecule has 1 fully saturated rings. The molecule has 0 radical (unpaired) electrons. The molecular weight excluding hydrogens is 216 g/mol. The minimum absolute atomic E-state index is 0.240. The van der Waals surface area contributed by atoms with Crippen LogP contribution >= 0.6 is 0 Å². The number of allylic oxidation sites excluding steroid dienone is 4. The highest BCUT2D eigenvalue weighted by Gasteiger charge is 2.42. The largest absolute Gasteiger partial charge is 0.481 e. The summed E-state index contributed by atoms with van der Waals surface area (Å²) in [6.07, 6.45) is 11.7. The molecule has 3 heteroatoms. The van der Waals surface area contributed by atoms with E-state index in [2.05, 4.69) is 24.3 Å². The molecule has 2 aliphatic carbocycles. The summed E-state index contributed by atoms with van der Waals surface area (Å²) >= 11 is 0. The molecule has 0 aromatic heterocycles. The molecule has 2 bridgehead atoms. The Bertz CT molecular complexity index is 332. The summed E-state index contributed by atoms with van der Waals surface area (Å²) in [4.78, 5) is 10.4. The molecule has 17 heavy (non-hydrogen) atoms. The Balaban J connectivity index is 1.80. The van der Waals surface area contributed by atoms with Crippen molar-refractivity contribution in [2.45, 2.75) is 25.7 Å². The Labute approximate surface area is 102 Å². The molecule has 2 rings (SSSR count). The number of unbranched alkanes of at least 4 members (excludes halogenated alkanes) is 1. The van der Waals surface area contributed by atoms with Gasteiger partial charge in [0.05, 0.1) is 0 Å². The lowest BCUT2D eigenvalue weighted by molar-refractivity contribution is -0.137. The molecule has 2 aliphatic rings. The zero-order chi connectivity index (χ0) is 12.3. The molecule has 0 aromatic rings. The number of hydrogen-bond acceptors (Lipinski definition) is 2. The van der Waals surface area contributed by atoms with Crippen LogP contribution in [0.3, 0.4) is 0 Å². The van der Waals surface area contributed by atoms with Gasteiger partial charge in [-0.3, -0.25) is 4.79 Å². The van der Waals surface area contributed by atoms with Crippen LogP contribution in [0.5, 0.6) is 0 Å². The fraction of sp³-hybridized carbons (Fsp3) is 0.643. The lowest BCUT2D eigenvalue weighted by Gasteiger charge is -2.23. The number of hydrogen-bond donors (Lipinski definition) is 2. The first-order valence-corrected chi connectivity index (χ1v) is 6.40. The second-order valence-electron chi connectivity index (χ2n) is 5.09. The van der Waals surface area contributed by atoms with Crippen molar-refractivity contribution in [3.05, 3.63) is 24.3 Å². The van der Waals surface area contributed by atoms with E-state index in [4.69, 9.17) is 5.11 Å². The minimum Gasteiger partial charge on any atom is -0.481 e. The van der Waals surface area contributed by atoms with Crippen LogP contribution in [0.1, 0.15) is 25.7 Å². The maximum Gasteiger partial charge on any atom is 0.303 e. The van der Waals surface area contributed by atoms with Gasteiger partial charge in [-0.05, 0) is 42.9 Å². The van der Waals surface area contributed by atoms with Crippen molar-refractivity contribution in [1.29, 1.82) is 0 Å². The zero-order valence-electron chi connectivity index (χ0n) is 9.96. The Hall–Kier alpha value is -1.09. The lowest BCUT2D eigenvalue weighted by Crippen LogP contribution is -2.21. The van der Waals surface area contributed by atoms with Crippen LogP contribution in [-0.4, -0.2) is 22.8 Å². The fourth-order valence-corrected chi connectivity index (χ4v) is 3.13. The molecule has 0 saturated heterocycles. The second-order valence-corrected chi connectivity index (χ2v) is 5.09. The molecule has 0 spiro atoms. The fourth-order valence-electron chi connectivity index (χ4n) is 3.13. The normalized spacial score (nSPS) is 34.9. The van der Waals surface area contributed by atoms with Crippen molar-refractivity contribution in [2.75, 3.05) is 6.61 Å². The average molecular weight is 236 g/mol. The minimum atomic E-state index is -0.727. The monoisotopic (exact) mass is 236 g/mol. The third-order valence-corrected chi connectivity index (χ3v) is 4.02. The van der Waals surface area contributed by atoms with Gasteiger partial charge in [-0.15, -0.1) is 0 Å². The van der Waals surface area contributed by atoms with Crippen molar-refractivity contribution in [2.24, 2.45) is 23.7 Å². The first-order chi connectivity index (χ1) is 8.22. The lowest BCUT2D eigenvalue weighted by atomic mass is 9.83. The van der Waals surface area contributed by atoms with Crippen LogP contribution in [0.15, 0.2) is 24.3 Å². The van der Waals surface area contributed by atoms with Crippen molar-refractivity contribution in [3.63, 3.8) is 0 Å². The molecule has 4 atom stereocenters.